The van der Waals surface area contributed by atoms with Crippen molar-refractivity contribution in [2.45, 2.75) is 32.7 Å². The molecule has 6 heteroatoms. The smallest absolute Gasteiger partial charge is 0.344 e. The maximum atomic E-state index is 13.4. The van der Waals surface area contributed by atoms with E-state index in [-0.39, 0.29) is 16.9 Å². The average molecular weight is 452 g/mol. The Bertz CT molecular complexity index is 1570. The van der Waals surface area contributed by atoms with E-state index in [9.17, 15) is 9.59 Å². The highest BCUT2D eigenvalue weighted by molar-refractivity contribution is 6.08. The number of nitrogens with zero attached hydrogens (tertiary/aromatic N) is 2. The monoisotopic (exact) mass is 451 g/mol. The van der Waals surface area contributed by atoms with Gasteiger partial charge in [-0.15, -0.1) is 0 Å². The second-order valence-corrected chi connectivity index (χ2v) is 9.41. The molecule has 34 heavy (non-hydrogen) atoms. The molecule has 0 atom stereocenters. The minimum Gasteiger partial charge on any atom is -0.422 e. The third-order valence-corrected chi connectivity index (χ3v) is 5.83. The molecule has 2 heterocycles. The number of hydrogen-bond acceptors (Lipinski definition) is 4. The van der Waals surface area contributed by atoms with Gasteiger partial charge in [0.15, 0.2) is 0 Å². The lowest BCUT2D eigenvalue weighted by Crippen LogP contribution is -2.18. The minimum atomic E-state index is -0.376. The van der Waals surface area contributed by atoms with Crippen molar-refractivity contribution in [3.8, 4) is 0 Å². The molecule has 0 bridgehead atoms. The van der Waals surface area contributed by atoms with Crippen LogP contribution in [0.5, 0.6) is 0 Å². The Morgan fingerprint density at radius 1 is 0.912 bits per heavy atom. The first kappa shape index (κ1) is 21.6. The molecule has 0 aliphatic rings. The van der Waals surface area contributed by atoms with Crippen LogP contribution in [0.25, 0.3) is 21.7 Å². The number of aromatic nitrogens is 2. The van der Waals surface area contributed by atoms with Crippen LogP contribution in [0.3, 0.4) is 0 Å². The fourth-order valence-corrected chi connectivity index (χ4v) is 4.00. The van der Waals surface area contributed by atoms with Crippen molar-refractivity contribution in [3.63, 3.8) is 0 Å². The number of carbonyl (C=O) groups is 1. The largest absolute Gasteiger partial charge is 0.422 e. The molecule has 0 saturated carbocycles. The molecule has 0 aliphatic heterocycles. The SMILES string of the molecule is CC(C)(C)c1cc(C(=O)Nc2ccc3oc(=O)c4ccccc4c3c2)n(Cc2ccccc2)n1. The van der Waals surface area contributed by atoms with Crippen LogP contribution >= 0.6 is 0 Å². The number of hydrogen-bond donors (Lipinski definition) is 1. The Labute approximate surface area is 196 Å². The van der Waals surface area contributed by atoms with Gasteiger partial charge in [0, 0.05) is 16.5 Å². The van der Waals surface area contributed by atoms with Crippen LogP contribution in [0.15, 0.2) is 88.1 Å². The van der Waals surface area contributed by atoms with Crippen molar-refractivity contribution >= 4 is 33.3 Å². The van der Waals surface area contributed by atoms with Gasteiger partial charge in [-0.2, -0.15) is 5.10 Å². The summed E-state index contributed by atoms with van der Waals surface area (Å²) in [4.78, 5) is 25.6. The zero-order chi connectivity index (χ0) is 23.9. The maximum Gasteiger partial charge on any atom is 0.344 e. The van der Waals surface area contributed by atoms with Crippen molar-refractivity contribution < 1.29 is 9.21 Å². The lowest BCUT2D eigenvalue weighted by Gasteiger charge is -2.14. The summed E-state index contributed by atoms with van der Waals surface area (Å²) < 4.78 is 7.21. The molecule has 0 fully saturated rings. The lowest BCUT2D eigenvalue weighted by atomic mass is 9.92. The van der Waals surface area contributed by atoms with E-state index in [1.807, 2.05) is 54.6 Å². The Hall–Kier alpha value is -4.19. The van der Waals surface area contributed by atoms with Crippen LogP contribution in [0, 0.1) is 0 Å². The van der Waals surface area contributed by atoms with Gasteiger partial charge in [0.1, 0.15) is 11.3 Å². The van der Waals surface area contributed by atoms with E-state index in [2.05, 4.69) is 26.1 Å². The summed E-state index contributed by atoms with van der Waals surface area (Å²) in [6, 6.07) is 24.4. The van der Waals surface area contributed by atoms with Gasteiger partial charge in [-0.25, -0.2) is 4.79 Å². The molecule has 0 spiro atoms. The fourth-order valence-electron chi connectivity index (χ4n) is 4.00. The number of benzene rings is 3. The second-order valence-electron chi connectivity index (χ2n) is 9.41. The van der Waals surface area contributed by atoms with Crippen molar-refractivity contribution in [2.24, 2.45) is 0 Å². The number of nitrogens with one attached hydrogen (secondary N) is 1. The van der Waals surface area contributed by atoms with Gasteiger partial charge in [0.2, 0.25) is 0 Å². The zero-order valence-corrected chi connectivity index (χ0v) is 19.3. The predicted molar refractivity (Wildman–Crippen MR) is 134 cm³/mol. The minimum absolute atomic E-state index is 0.198. The van der Waals surface area contributed by atoms with Crippen LogP contribution in [-0.2, 0) is 12.0 Å². The first-order chi connectivity index (χ1) is 16.3. The topological polar surface area (TPSA) is 77.1 Å². The molecular formula is C28H25N3O3. The van der Waals surface area contributed by atoms with Gasteiger partial charge in [-0.05, 0) is 41.3 Å². The summed E-state index contributed by atoms with van der Waals surface area (Å²) in [7, 11) is 0. The first-order valence-corrected chi connectivity index (χ1v) is 11.2. The highest BCUT2D eigenvalue weighted by Crippen LogP contribution is 2.27. The van der Waals surface area contributed by atoms with E-state index in [0.717, 1.165) is 22.0 Å². The van der Waals surface area contributed by atoms with E-state index in [4.69, 9.17) is 9.52 Å². The quantitative estimate of drug-likeness (QED) is 0.279. The average Bonchev–Trinajstić information content (AvgIpc) is 3.25. The molecular weight excluding hydrogens is 426 g/mol. The molecule has 170 valence electrons. The van der Waals surface area contributed by atoms with Crippen molar-refractivity contribution in [1.82, 2.24) is 9.78 Å². The molecule has 3 aromatic carbocycles. The molecule has 0 aliphatic carbocycles. The van der Waals surface area contributed by atoms with Crippen LogP contribution in [0.1, 0.15) is 42.5 Å². The van der Waals surface area contributed by atoms with E-state index < -0.39 is 0 Å². The third kappa shape index (κ3) is 4.10. The highest BCUT2D eigenvalue weighted by Gasteiger charge is 2.23. The summed E-state index contributed by atoms with van der Waals surface area (Å²) >= 11 is 0. The Balaban J connectivity index is 1.52. The van der Waals surface area contributed by atoms with E-state index >= 15 is 0 Å². The molecule has 0 unspecified atom stereocenters. The molecule has 0 radical (unpaired) electrons. The van der Waals surface area contributed by atoms with Gasteiger partial charge >= 0.3 is 5.63 Å². The number of rotatable bonds is 4. The fraction of sp³-hybridized carbons (Fsp3) is 0.179. The van der Waals surface area contributed by atoms with Crippen LogP contribution in [-0.4, -0.2) is 15.7 Å². The van der Waals surface area contributed by atoms with Crippen molar-refractivity contribution in [1.29, 1.82) is 0 Å². The molecule has 5 aromatic rings. The first-order valence-electron chi connectivity index (χ1n) is 11.2. The summed E-state index contributed by atoms with van der Waals surface area (Å²) in [6.45, 7) is 6.72. The number of anilines is 1. The predicted octanol–water partition coefficient (Wildman–Crippen LogP) is 5.74. The summed E-state index contributed by atoms with van der Waals surface area (Å²) in [5.41, 5.74) is 2.91. The highest BCUT2D eigenvalue weighted by atomic mass is 16.4. The number of carbonyl (C=O) groups excluding carboxylic acids is 1. The van der Waals surface area contributed by atoms with Gasteiger partial charge in [0.25, 0.3) is 5.91 Å². The van der Waals surface area contributed by atoms with Crippen molar-refractivity contribution in [2.75, 3.05) is 5.32 Å². The molecule has 0 saturated heterocycles. The summed E-state index contributed by atoms with van der Waals surface area (Å²) in [6.07, 6.45) is 0. The Kier molecular flexibility index (Phi) is 5.28. The van der Waals surface area contributed by atoms with Gasteiger partial charge in [0.05, 0.1) is 17.6 Å². The van der Waals surface area contributed by atoms with E-state index in [1.165, 1.54) is 0 Å². The third-order valence-electron chi connectivity index (χ3n) is 5.83. The van der Waals surface area contributed by atoms with Gasteiger partial charge in [-0.3, -0.25) is 9.48 Å². The molecule has 5 rings (SSSR count). The van der Waals surface area contributed by atoms with Gasteiger partial charge in [-0.1, -0.05) is 69.3 Å². The van der Waals surface area contributed by atoms with Gasteiger partial charge < -0.3 is 9.73 Å². The zero-order valence-electron chi connectivity index (χ0n) is 19.3. The lowest BCUT2D eigenvalue weighted by molar-refractivity contribution is 0.101. The summed E-state index contributed by atoms with van der Waals surface area (Å²) in [5, 5.41) is 9.81. The normalized spacial score (nSPS) is 11.7. The number of fused-ring (bicyclic) bond motifs is 3. The van der Waals surface area contributed by atoms with E-state index in [1.54, 1.807) is 28.9 Å². The molecule has 2 aromatic heterocycles. The Morgan fingerprint density at radius 2 is 1.62 bits per heavy atom. The molecule has 6 nitrogen and oxygen atoms in total. The van der Waals surface area contributed by atoms with Crippen LogP contribution in [0.4, 0.5) is 5.69 Å². The Morgan fingerprint density at radius 3 is 2.35 bits per heavy atom. The van der Waals surface area contributed by atoms with Crippen molar-refractivity contribution in [3.05, 3.63) is 106 Å². The second kappa shape index (κ2) is 8.30. The van der Waals surface area contributed by atoms with E-state index in [0.29, 0.717) is 28.9 Å². The maximum absolute atomic E-state index is 13.4. The summed E-state index contributed by atoms with van der Waals surface area (Å²) in [5.74, 6) is -0.250. The van der Waals surface area contributed by atoms with Crippen LogP contribution < -0.4 is 10.9 Å². The molecule has 1 N–H and O–H groups in total. The molecule has 1 amide bonds. The number of amides is 1. The van der Waals surface area contributed by atoms with Crippen LogP contribution in [0.2, 0.25) is 0 Å². The standard InChI is InChI=1S/C28H25N3O3/c1-28(2,3)25-16-23(31(30-25)17-18-9-5-4-6-10-18)26(32)29-19-13-14-24-22(15-19)20-11-7-8-12-21(20)27(33)34-24/h4-16H,17H2,1-3H3,(H,29,32).